The summed E-state index contributed by atoms with van der Waals surface area (Å²) in [5, 5.41) is 17.6. The minimum Gasteiger partial charge on any atom is -0.378 e. The van der Waals surface area contributed by atoms with Crippen molar-refractivity contribution in [3.8, 4) is 5.69 Å². The fourth-order valence-corrected chi connectivity index (χ4v) is 2.52. The lowest BCUT2D eigenvalue weighted by Gasteiger charge is -2.27. The molecule has 0 spiro atoms. The van der Waals surface area contributed by atoms with E-state index in [9.17, 15) is 0 Å². The third-order valence-corrected chi connectivity index (χ3v) is 3.58. The Morgan fingerprint density at radius 2 is 1.81 bits per heavy atom. The van der Waals surface area contributed by atoms with Crippen LogP contribution in [0.5, 0.6) is 0 Å². The number of ether oxygens (including phenoxy) is 1. The van der Waals surface area contributed by atoms with Crippen LogP contribution in [0.4, 0.5) is 5.82 Å². The van der Waals surface area contributed by atoms with Crippen molar-refractivity contribution < 1.29 is 4.74 Å². The van der Waals surface area contributed by atoms with Crippen molar-refractivity contribution in [2.24, 2.45) is 0 Å². The second-order valence-corrected chi connectivity index (χ2v) is 4.84. The second-order valence-electron chi connectivity index (χ2n) is 4.84. The van der Waals surface area contributed by atoms with Gasteiger partial charge in [-0.3, -0.25) is 0 Å². The molecule has 1 aliphatic rings. The highest BCUT2D eigenvalue weighted by Crippen LogP contribution is 2.24. The summed E-state index contributed by atoms with van der Waals surface area (Å²) in [7, 11) is 0. The van der Waals surface area contributed by atoms with Crippen LogP contribution in [0.2, 0.25) is 0 Å². The number of morpholine rings is 1. The van der Waals surface area contributed by atoms with Crippen LogP contribution in [-0.2, 0) is 4.74 Å². The highest BCUT2D eigenvalue weighted by atomic mass is 16.5. The van der Waals surface area contributed by atoms with Crippen LogP contribution in [0.25, 0.3) is 16.7 Å². The maximum atomic E-state index is 5.38. The largest absolute Gasteiger partial charge is 0.378 e. The van der Waals surface area contributed by atoms with Crippen molar-refractivity contribution in [1.82, 2.24) is 25.2 Å². The number of hydrogen-bond donors (Lipinski definition) is 0. The first kappa shape index (κ1) is 12.2. The third-order valence-electron chi connectivity index (χ3n) is 3.58. The highest BCUT2D eigenvalue weighted by molar-refractivity contribution is 5.87. The van der Waals surface area contributed by atoms with E-state index in [0.717, 1.165) is 35.6 Å². The van der Waals surface area contributed by atoms with Crippen molar-refractivity contribution >= 4 is 16.9 Å². The smallest absolute Gasteiger partial charge is 0.190 e. The van der Waals surface area contributed by atoms with Gasteiger partial charge in [-0.1, -0.05) is 18.2 Å². The van der Waals surface area contributed by atoms with E-state index in [0.29, 0.717) is 13.2 Å². The Bertz CT molecular complexity index is 751. The Balaban J connectivity index is 1.83. The van der Waals surface area contributed by atoms with Crippen molar-refractivity contribution in [2.45, 2.75) is 0 Å². The van der Waals surface area contributed by atoms with E-state index in [1.54, 1.807) is 10.9 Å². The van der Waals surface area contributed by atoms with E-state index >= 15 is 0 Å². The van der Waals surface area contributed by atoms with Gasteiger partial charge in [-0.25, -0.2) is 4.68 Å². The minimum absolute atomic E-state index is 0.707. The predicted octanol–water partition coefficient (Wildman–Crippen LogP) is 1.05. The van der Waals surface area contributed by atoms with E-state index in [-0.39, 0.29) is 0 Å². The van der Waals surface area contributed by atoms with Crippen molar-refractivity contribution in [3.63, 3.8) is 0 Å². The standard InChI is InChI=1S/C14H14N6O/c1-2-4-11(5-3-1)20-14-12(10-15-20)13(16-18-17-14)19-6-8-21-9-7-19/h1-5,10H,6-9H2. The lowest BCUT2D eigenvalue weighted by atomic mass is 10.3. The van der Waals surface area contributed by atoms with Gasteiger partial charge in [0.1, 0.15) is 0 Å². The van der Waals surface area contributed by atoms with Gasteiger partial charge in [-0.15, -0.1) is 10.2 Å². The molecule has 0 saturated carbocycles. The zero-order chi connectivity index (χ0) is 14.1. The monoisotopic (exact) mass is 282 g/mol. The quantitative estimate of drug-likeness (QED) is 0.699. The number of nitrogens with zero attached hydrogens (tertiary/aromatic N) is 6. The molecule has 1 aliphatic heterocycles. The summed E-state index contributed by atoms with van der Waals surface area (Å²) in [5.41, 5.74) is 1.68. The molecular weight excluding hydrogens is 268 g/mol. The zero-order valence-electron chi connectivity index (χ0n) is 11.4. The number of anilines is 1. The van der Waals surface area contributed by atoms with Gasteiger partial charge in [-0.05, 0) is 17.3 Å². The first-order valence-corrected chi connectivity index (χ1v) is 6.89. The van der Waals surface area contributed by atoms with Crippen LogP contribution < -0.4 is 4.90 Å². The molecule has 1 fully saturated rings. The van der Waals surface area contributed by atoms with E-state index in [4.69, 9.17) is 4.74 Å². The molecule has 106 valence electrons. The van der Waals surface area contributed by atoms with Crippen LogP contribution in [0.3, 0.4) is 0 Å². The molecule has 0 unspecified atom stereocenters. The lowest BCUT2D eigenvalue weighted by Crippen LogP contribution is -2.37. The SMILES string of the molecule is c1ccc(-n2ncc3c(N4CCOCC4)nnnc32)cc1. The Hall–Kier alpha value is -2.54. The van der Waals surface area contributed by atoms with E-state index in [2.05, 4.69) is 25.4 Å². The van der Waals surface area contributed by atoms with E-state index in [1.807, 2.05) is 30.3 Å². The number of hydrogen-bond acceptors (Lipinski definition) is 6. The van der Waals surface area contributed by atoms with Crippen LogP contribution in [0.15, 0.2) is 36.5 Å². The molecule has 1 saturated heterocycles. The molecule has 3 heterocycles. The number of fused-ring (bicyclic) bond motifs is 1. The molecule has 2 aromatic heterocycles. The van der Waals surface area contributed by atoms with Gasteiger partial charge in [-0.2, -0.15) is 5.10 Å². The molecule has 0 aliphatic carbocycles. The average molecular weight is 282 g/mol. The average Bonchev–Trinajstić information content (AvgIpc) is 3.00. The molecule has 7 heteroatoms. The molecule has 1 aromatic carbocycles. The van der Waals surface area contributed by atoms with Crippen LogP contribution >= 0.6 is 0 Å². The first-order chi connectivity index (χ1) is 10.4. The minimum atomic E-state index is 0.707. The fourth-order valence-electron chi connectivity index (χ4n) is 2.52. The Morgan fingerprint density at radius 3 is 2.62 bits per heavy atom. The summed E-state index contributed by atoms with van der Waals surface area (Å²) in [6.07, 6.45) is 1.80. The van der Waals surface area contributed by atoms with Gasteiger partial charge in [0.2, 0.25) is 0 Å². The van der Waals surface area contributed by atoms with Gasteiger partial charge >= 0.3 is 0 Å². The molecule has 4 rings (SSSR count). The first-order valence-electron chi connectivity index (χ1n) is 6.89. The Morgan fingerprint density at radius 1 is 1.00 bits per heavy atom. The summed E-state index contributed by atoms with van der Waals surface area (Å²) < 4.78 is 7.17. The molecule has 7 nitrogen and oxygen atoms in total. The van der Waals surface area contributed by atoms with Gasteiger partial charge in [0.05, 0.1) is 30.5 Å². The molecule has 0 amide bonds. The van der Waals surface area contributed by atoms with Crippen molar-refractivity contribution in [3.05, 3.63) is 36.5 Å². The van der Waals surface area contributed by atoms with Gasteiger partial charge in [0.25, 0.3) is 0 Å². The maximum absolute atomic E-state index is 5.38. The summed E-state index contributed by atoms with van der Waals surface area (Å²) in [6.45, 7) is 3.03. The van der Waals surface area contributed by atoms with Crippen LogP contribution in [0.1, 0.15) is 0 Å². The fraction of sp³-hybridized carbons (Fsp3) is 0.286. The number of para-hydroxylation sites is 1. The summed E-state index contributed by atoms with van der Waals surface area (Å²) in [4.78, 5) is 2.16. The van der Waals surface area contributed by atoms with Gasteiger partial charge in [0, 0.05) is 13.1 Å². The maximum Gasteiger partial charge on any atom is 0.190 e. The number of rotatable bonds is 2. The molecule has 3 aromatic rings. The van der Waals surface area contributed by atoms with Crippen LogP contribution in [-0.4, -0.2) is 51.5 Å². The van der Waals surface area contributed by atoms with E-state index in [1.165, 1.54) is 0 Å². The van der Waals surface area contributed by atoms with E-state index < -0.39 is 0 Å². The molecule has 0 atom stereocenters. The van der Waals surface area contributed by atoms with Gasteiger partial charge in [0.15, 0.2) is 11.5 Å². The number of aromatic nitrogens is 5. The number of benzene rings is 1. The highest BCUT2D eigenvalue weighted by Gasteiger charge is 2.19. The summed E-state index contributed by atoms with van der Waals surface area (Å²) in [6, 6.07) is 9.90. The Kier molecular flexibility index (Phi) is 2.97. The molecular formula is C14H14N6O. The normalized spacial score (nSPS) is 15.5. The molecule has 0 N–H and O–H groups in total. The van der Waals surface area contributed by atoms with Crippen molar-refractivity contribution in [1.29, 1.82) is 0 Å². The zero-order valence-corrected chi connectivity index (χ0v) is 11.4. The van der Waals surface area contributed by atoms with Crippen molar-refractivity contribution in [2.75, 3.05) is 31.2 Å². The molecule has 0 bridgehead atoms. The lowest BCUT2D eigenvalue weighted by molar-refractivity contribution is 0.122. The predicted molar refractivity (Wildman–Crippen MR) is 77.5 cm³/mol. The second kappa shape index (κ2) is 5.10. The molecule has 0 radical (unpaired) electrons. The van der Waals surface area contributed by atoms with Crippen LogP contribution in [0, 0.1) is 0 Å². The Labute approximate surface area is 121 Å². The molecule has 21 heavy (non-hydrogen) atoms. The van der Waals surface area contributed by atoms with Gasteiger partial charge < -0.3 is 9.64 Å². The topological polar surface area (TPSA) is 69.0 Å². The summed E-state index contributed by atoms with van der Waals surface area (Å²) >= 11 is 0. The summed E-state index contributed by atoms with van der Waals surface area (Å²) in [5.74, 6) is 0.825. The third kappa shape index (κ3) is 2.11.